The van der Waals surface area contributed by atoms with E-state index in [0.717, 1.165) is 19.5 Å². The molecule has 1 heterocycles. The maximum atomic E-state index is 12.1. The van der Waals surface area contributed by atoms with Crippen LogP contribution in [0.2, 0.25) is 0 Å². The normalized spacial score (nSPS) is 17.9. The molecule has 1 aromatic carbocycles. The first-order valence-electron chi connectivity index (χ1n) is 6.65. The number of hydrogen-bond acceptors (Lipinski definition) is 2. The van der Waals surface area contributed by atoms with Crippen LogP contribution in [0.15, 0.2) is 24.3 Å². The summed E-state index contributed by atoms with van der Waals surface area (Å²) in [6, 6.07) is 8.34. The highest BCUT2D eigenvalue weighted by Gasteiger charge is 2.20. The van der Waals surface area contributed by atoms with Gasteiger partial charge in [-0.25, -0.2) is 0 Å². The zero-order valence-corrected chi connectivity index (χ0v) is 12.5. The number of carbonyl (C=O) groups excluding carboxylic acids is 1. The summed E-state index contributed by atoms with van der Waals surface area (Å²) in [4.78, 5) is 13.9. The third-order valence-corrected chi connectivity index (χ3v) is 3.55. The molecule has 1 aliphatic rings. The lowest BCUT2D eigenvalue weighted by Crippen LogP contribution is -2.28. The molecule has 0 radical (unpaired) electrons. The van der Waals surface area contributed by atoms with E-state index in [1.807, 2.05) is 18.0 Å². The zero-order valence-electron chi connectivity index (χ0n) is 11.7. The second kappa shape index (κ2) is 7.51. The monoisotopic (exact) mass is 282 g/mol. The molecule has 1 aromatic rings. The van der Waals surface area contributed by atoms with Gasteiger partial charge in [0.15, 0.2) is 0 Å². The van der Waals surface area contributed by atoms with E-state index >= 15 is 0 Å². The van der Waals surface area contributed by atoms with Crippen LogP contribution in [0.1, 0.15) is 24.0 Å². The van der Waals surface area contributed by atoms with Gasteiger partial charge in [0.25, 0.3) is 0 Å². The van der Waals surface area contributed by atoms with Gasteiger partial charge >= 0.3 is 0 Å². The van der Waals surface area contributed by atoms with Crippen LogP contribution in [-0.4, -0.2) is 30.9 Å². The second-order valence-electron chi connectivity index (χ2n) is 5.30. The summed E-state index contributed by atoms with van der Waals surface area (Å²) in [7, 11) is 1.90. The molecule has 1 fully saturated rings. The molecule has 1 amide bonds. The molecule has 0 aliphatic carbocycles. The summed E-state index contributed by atoms with van der Waals surface area (Å²) in [5.41, 5.74) is 2.45. The Morgan fingerprint density at radius 1 is 1.47 bits per heavy atom. The van der Waals surface area contributed by atoms with Crippen molar-refractivity contribution >= 4 is 18.3 Å². The molecule has 19 heavy (non-hydrogen) atoms. The van der Waals surface area contributed by atoms with Crippen molar-refractivity contribution in [1.82, 2.24) is 10.2 Å². The number of halogens is 1. The van der Waals surface area contributed by atoms with Gasteiger partial charge in [-0.3, -0.25) is 4.79 Å². The lowest BCUT2D eigenvalue weighted by molar-refractivity contribution is -0.131. The van der Waals surface area contributed by atoms with E-state index in [2.05, 4.69) is 30.4 Å². The van der Waals surface area contributed by atoms with Crippen molar-refractivity contribution in [2.24, 2.45) is 5.92 Å². The molecular weight excluding hydrogens is 260 g/mol. The van der Waals surface area contributed by atoms with Crippen molar-refractivity contribution in [3.8, 4) is 0 Å². The van der Waals surface area contributed by atoms with Crippen molar-refractivity contribution < 1.29 is 4.79 Å². The fourth-order valence-corrected chi connectivity index (χ4v) is 2.46. The minimum Gasteiger partial charge on any atom is -0.341 e. The number of aryl methyl sites for hydroxylation is 1. The average molecular weight is 283 g/mol. The third kappa shape index (κ3) is 4.84. The summed E-state index contributed by atoms with van der Waals surface area (Å²) in [5, 5.41) is 3.30. The van der Waals surface area contributed by atoms with Crippen LogP contribution >= 0.6 is 12.4 Å². The standard InChI is InChI=1S/C15H22N2O.ClH/c1-12-4-3-5-14(8-12)11-17(2)15(18)9-13-6-7-16-10-13;/h3-5,8,13,16H,6-7,9-11H2,1-2H3;1H. The first kappa shape index (κ1) is 16.0. The van der Waals surface area contributed by atoms with Crippen LogP contribution in [0.3, 0.4) is 0 Å². The number of hydrogen-bond donors (Lipinski definition) is 1. The Balaban J connectivity index is 0.00000180. The van der Waals surface area contributed by atoms with Gasteiger partial charge in [-0.2, -0.15) is 0 Å². The van der Waals surface area contributed by atoms with E-state index in [4.69, 9.17) is 0 Å². The van der Waals surface area contributed by atoms with E-state index in [0.29, 0.717) is 18.9 Å². The van der Waals surface area contributed by atoms with E-state index in [-0.39, 0.29) is 18.3 Å². The van der Waals surface area contributed by atoms with Crippen molar-refractivity contribution in [1.29, 1.82) is 0 Å². The van der Waals surface area contributed by atoms with Gasteiger partial charge in [-0.1, -0.05) is 29.8 Å². The molecule has 4 heteroatoms. The highest BCUT2D eigenvalue weighted by molar-refractivity contribution is 5.85. The van der Waals surface area contributed by atoms with Crippen molar-refractivity contribution in [3.05, 3.63) is 35.4 Å². The predicted octanol–water partition coefficient (Wildman–Crippen LogP) is 2.37. The van der Waals surface area contributed by atoms with Gasteiger partial charge in [-0.15, -0.1) is 12.4 Å². The average Bonchev–Trinajstić information content (AvgIpc) is 2.81. The zero-order chi connectivity index (χ0) is 13.0. The van der Waals surface area contributed by atoms with Gasteiger partial charge in [0.05, 0.1) is 0 Å². The quantitative estimate of drug-likeness (QED) is 0.920. The van der Waals surface area contributed by atoms with E-state index in [1.54, 1.807) is 0 Å². The molecule has 106 valence electrons. The largest absolute Gasteiger partial charge is 0.341 e. The van der Waals surface area contributed by atoms with Crippen LogP contribution in [0.4, 0.5) is 0 Å². The summed E-state index contributed by atoms with van der Waals surface area (Å²) in [6.45, 7) is 4.83. The molecule has 2 rings (SSSR count). The lowest BCUT2D eigenvalue weighted by atomic mass is 10.0. The van der Waals surface area contributed by atoms with Crippen molar-refractivity contribution in [2.45, 2.75) is 26.3 Å². The molecule has 3 nitrogen and oxygen atoms in total. The van der Waals surface area contributed by atoms with Gasteiger partial charge in [0.1, 0.15) is 0 Å². The van der Waals surface area contributed by atoms with Crippen molar-refractivity contribution in [3.63, 3.8) is 0 Å². The van der Waals surface area contributed by atoms with Gasteiger partial charge in [0, 0.05) is 20.0 Å². The summed E-state index contributed by atoms with van der Waals surface area (Å²) in [6.07, 6.45) is 1.80. The molecular formula is C15H23ClN2O. The van der Waals surface area contributed by atoms with Crippen LogP contribution < -0.4 is 5.32 Å². The Hall–Kier alpha value is -1.06. The number of nitrogens with zero attached hydrogens (tertiary/aromatic N) is 1. The Morgan fingerprint density at radius 3 is 2.89 bits per heavy atom. The van der Waals surface area contributed by atoms with Crippen LogP contribution in [0.25, 0.3) is 0 Å². The Labute approximate surface area is 121 Å². The topological polar surface area (TPSA) is 32.3 Å². The summed E-state index contributed by atoms with van der Waals surface area (Å²) < 4.78 is 0. The van der Waals surface area contributed by atoms with Gasteiger partial charge in [-0.05, 0) is 37.9 Å². The highest BCUT2D eigenvalue weighted by atomic mass is 35.5. The molecule has 1 unspecified atom stereocenters. The van der Waals surface area contributed by atoms with Crippen LogP contribution in [-0.2, 0) is 11.3 Å². The fraction of sp³-hybridized carbons (Fsp3) is 0.533. The maximum Gasteiger partial charge on any atom is 0.222 e. The molecule has 1 N–H and O–H groups in total. The Bertz CT molecular complexity index is 416. The molecule has 1 saturated heterocycles. The van der Waals surface area contributed by atoms with Gasteiger partial charge in [0.2, 0.25) is 5.91 Å². The molecule has 1 atom stereocenters. The lowest BCUT2D eigenvalue weighted by Gasteiger charge is -2.19. The Morgan fingerprint density at radius 2 is 2.26 bits per heavy atom. The van der Waals surface area contributed by atoms with E-state index in [9.17, 15) is 4.79 Å². The molecule has 0 aromatic heterocycles. The number of amides is 1. The van der Waals surface area contributed by atoms with Crippen LogP contribution in [0, 0.1) is 12.8 Å². The highest BCUT2D eigenvalue weighted by Crippen LogP contribution is 2.14. The molecule has 0 saturated carbocycles. The molecule has 0 bridgehead atoms. The summed E-state index contributed by atoms with van der Waals surface area (Å²) >= 11 is 0. The SMILES string of the molecule is Cc1cccc(CN(C)C(=O)CC2CCNC2)c1.Cl. The fourth-order valence-electron chi connectivity index (χ4n) is 2.46. The number of rotatable bonds is 4. The maximum absolute atomic E-state index is 12.1. The number of carbonyl (C=O) groups is 1. The first-order valence-corrected chi connectivity index (χ1v) is 6.65. The second-order valence-corrected chi connectivity index (χ2v) is 5.30. The molecule has 1 aliphatic heterocycles. The number of nitrogens with one attached hydrogen (secondary N) is 1. The molecule has 0 spiro atoms. The van der Waals surface area contributed by atoms with Crippen molar-refractivity contribution in [2.75, 3.05) is 20.1 Å². The number of benzene rings is 1. The third-order valence-electron chi connectivity index (χ3n) is 3.55. The van der Waals surface area contributed by atoms with E-state index in [1.165, 1.54) is 11.1 Å². The van der Waals surface area contributed by atoms with Gasteiger partial charge < -0.3 is 10.2 Å². The minimum absolute atomic E-state index is 0. The minimum atomic E-state index is 0. The first-order chi connectivity index (χ1) is 8.65. The van der Waals surface area contributed by atoms with Crippen LogP contribution in [0.5, 0.6) is 0 Å². The smallest absolute Gasteiger partial charge is 0.222 e. The van der Waals surface area contributed by atoms with E-state index < -0.39 is 0 Å². The summed E-state index contributed by atoms with van der Waals surface area (Å²) in [5.74, 6) is 0.780. The Kier molecular flexibility index (Phi) is 6.32. The predicted molar refractivity (Wildman–Crippen MR) is 80.5 cm³/mol.